The molecule has 0 radical (unpaired) electrons. The van der Waals surface area contributed by atoms with Crippen LogP contribution in [0.15, 0.2) is 84.3 Å². The highest BCUT2D eigenvalue weighted by molar-refractivity contribution is 7.89. The number of carbonyl (C=O) groups is 2. The number of aryl methyl sites for hydroxylation is 1. The fourth-order valence-corrected chi connectivity index (χ4v) is 4.16. The van der Waals surface area contributed by atoms with Crippen molar-refractivity contribution in [3.8, 4) is 0 Å². The van der Waals surface area contributed by atoms with Gasteiger partial charge in [0.15, 0.2) is 0 Å². The zero-order valence-corrected chi connectivity index (χ0v) is 19.3. The Morgan fingerprint density at radius 3 is 2.41 bits per heavy atom. The molecule has 0 saturated carbocycles. The molecule has 176 valence electrons. The summed E-state index contributed by atoms with van der Waals surface area (Å²) in [5.41, 5.74) is 2.40. The van der Waals surface area contributed by atoms with Crippen LogP contribution in [0.2, 0.25) is 0 Å². The van der Waals surface area contributed by atoms with E-state index in [1.165, 1.54) is 6.08 Å². The molecular formula is C25H24FN3O4S. The summed E-state index contributed by atoms with van der Waals surface area (Å²) in [6.45, 7) is 5.59. The standard InChI is InChI=1S/C25H24FN3O4S/c1-3-14-28-34(32,33)23-15-19(12-13-21(23)26)24(30)29-22-7-5-4-6-20(22)25(31)27-16-18-10-8-17(2)9-11-18/h3-13,15,28H,1,14,16H2,2H3,(H,27,31)(H,29,30). The second-order valence-corrected chi connectivity index (χ2v) is 9.19. The zero-order chi connectivity index (χ0) is 24.7. The number of rotatable bonds is 9. The Hall–Kier alpha value is -3.82. The minimum Gasteiger partial charge on any atom is -0.348 e. The fourth-order valence-electron chi connectivity index (χ4n) is 3.07. The van der Waals surface area contributed by atoms with Crippen LogP contribution in [0.5, 0.6) is 0 Å². The summed E-state index contributed by atoms with van der Waals surface area (Å²) in [5, 5.41) is 5.41. The third kappa shape index (κ3) is 6.15. The van der Waals surface area contributed by atoms with E-state index in [2.05, 4.69) is 21.9 Å². The van der Waals surface area contributed by atoms with Crippen molar-refractivity contribution in [2.45, 2.75) is 18.4 Å². The highest BCUT2D eigenvalue weighted by Crippen LogP contribution is 2.20. The van der Waals surface area contributed by atoms with Gasteiger partial charge in [-0.05, 0) is 42.8 Å². The third-order valence-corrected chi connectivity index (χ3v) is 6.33. The Morgan fingerprint density at radius 2 is 1.71 bits per heavy atom. The van der Waals surface area contributed by atoms with Crippen LogP contribution in [0, 0.1) is 12.7 Å². The Balaban J connectivity index is 1.78. The van der Waals surface area contributed by atoms with E-state index in [-0.39, 0.29) is 23.4 Å². The molecule has 34 heavy (non-hydrogen) atoms. The Bertz CT molecular complexity index is 1320. The first-order chi connectivity index (χ1) is 16.2. The molecule has 3 N–H and O–H groups in total. The van der Waals surface area contributed by atoms with E-state index in [9.17, 15) is 22.4 Å². The lowest BCUT2D eigenvalue weighted by Crippen LogP contribution is -2.26. The van der Waals surface area contributed by atoms with Crippen molar-refractivity contribution < 1.29 is 22.4 Å². The molecule has 0 aliphatic rings. The maximum Gasteiger partial charge on any atom is 0.255 e. The van der Waals surface area contributed by atoms with Crippen molar-refractivity contribution >= 4 is 27.5 Å². The Kier molecular flexibility index (Phi) is 7.93. The summed E-state index contributed by atoms with van der Waals surface area (Å²) in [6, 6.07) is 17.1. The second-order valence-electron chi connectivity index (χ2n) is 7.45. The van der Waals surface area contributed by atoms with Gasteiger partial charge in [-0.2, -0.15) is 0 Å². The van der Waals surface area contributed by atoms with Gasteiger partial charge in [0.1, 0.15) is 10.7 Å². The lowest BCUT2D eigenvalue weighted by Gasteiger charge is -2.13. The van der Waals surface area contributed by atoms with Gasteiger partial charge in [-0.3, -0.25) is 9.59 Å². The lowest BCUT2D eigenvalue weighted by atomic mass is 10.1. The number of hydrogen-bond acceptors (Lipinski definition) is 4. The molecule has 7 nitrogen and oxygen atoms in total. The van der Waals surface area contributed by atoms with Crippen LogP contribution in [0.1, 0.15) is 31.8 Å². The molecule has 0 aromatic heterocycles. The predicted octanol–water partition coefficient (Wildman–Crippen LogP) is 3.78. The number of anilines is 1. The Labute approximate surface area is 197 Å². The highest BCUT2D eigenvalue weighted by Gasteiger charge is 2.21. The number of amides is 2. The predicted molar refractivity (Wildman–Crippen MR) is 129 cm³/mol. The summed E-state index contributed by atoms with van der Waals surface area (Å²) < 4.78 is 41.0. The molecule has 0 aliphatic heterocycles. The third-order valence-electron chi connectivity index (χ3n) is 4.89. The molecule has 9 heteroatoms. The average molecular weight is 482 g/mol. The molecule has 2 amide bonds. The summed E-state index contributed by atoms with van der Waals surface area (Å²) in [4.78, 5) is 24.9. The molecule has 0 saturated heterocycles. The van der Waals surface area contributed by atoms with E-state index >= 15 is 0 Å². The average Bonchev–Trinajstić information content (AvgIpc) is 2.82. The van der Waals surface area contributed by atoms with Crippen molar-refractivity contribution in [3.05, 3.63) is 107 Å². The smallest absolute Gasteiger partial charge is 0.255 e. The number of para-hydroxylation sites is 1. The summed E-state index contributed by atoms with van der Waals surface area (Å²) >= 11 is 0. The SMILES string of the molecule is C=CCNS(=O)(=O)c1cc(C(=O)Nc2ccccc2C(=O)NCc2ccc(C)cc2)ccc1F. The summed E-state index contributed by atoms with van der Waals surface area (Å²) in [7, 11) is -4.18. The van der Waals surface area contributed by atoms with E-state index in [1.807, 2.05) is 31.2 Å². The van der Waals surface area contributed by atoms with Gasteiger partial charge in [0.25, 0.3) is 11.8 Å². The van der Waals surface area contributed by atoms with Crippen LogP contribution in [0.25, 0.3) is 0 Å². The van der Waals surface area contributed by atoms with Crippen molar-refractivity contribution in [1.82, 2.24) is 10.0 Å². The number of halogens is 1. The zero-order valence-electron chi connectivity index (χ0n) is 18.5. The first kappa shape index (κ1) is 24.8. The summed E-state index contributed by atoms with van der Waals surface area (Å²) in [5.74, 6) is -2.09. The molecule has 0 atom stereocenters. The van der Waals surface area contributed by atoms with Crippen LogP contribution in [0.4, 0.5) is 10.1 Å². The first-order valence-corrected chi connectivity index (χ1v) is 11.8. The van der Waals surface area contributed by atoms with E-state index in [0.29, 0.717) is 6.54 Å². The van der Waals surface area contributed by atoms with Crippen LogP contribution in [-0.2, 0) is 16.6 Å². The van der Waals surface area contributed by atoms with Gasteiger partial charge < -0.3 is 10.6 Å². The monoisotopic (exact) mass is 481 g/mol. The number of sulfonamides is 1. The first-order valence-electron chi connectivity index (χ1n) is 10.4. The van der Waals surface area contributed by atoms with E-state index < -0.39 is 32.6 Å². The van der Waals surface area contributed by atoms with Crippen molar-refractivity contribution in [3.63, 3.8) is 0 Å². The maximum atomic E-state index is 14.2. The Morgan fingerprint density at radius 1 is 1.00 bits per heavy atom. The fraction of sp³-hybridized carbons (Fsp3) is 0.120. The molecular weight excluding hydrogens is 457 g/mol. The number of nitrogens with one attached hydrogen (secondary N) is 3. The lowest BCUT2D eigenvalue weighted by molar-refractivity contribution is 0.0951. The molecule has 3 aromatic rings. The number of hydrogen-bond donors (Lipinski definition) is 3. The second kappa shape index (κ2) is 10.9. The van der Waals surface area contributed by atoms with E-state index in [1.54, 1.807) is 24.3 Å². The maximum absolute atomic E-state index is 14.2. The quantitative estimate of drug-likeness (QED) is 0.405. The van der Waals surface area contributed by atoms with Crippen LogP contribution in [0.3, 0.4) is 0 Å². The van der Waals surface area contributed by atoms with Crippen LogP contribution >= 0.6 is 0 Å². The highest BCUT2D eigenvalue weighted by atomic mass is 32.2. The van der Waals surface area contributed by atoms with Crippen molar-refractivity contribution in [2.24, 2.45) is 0 Å². The van der Waals surface area contributed by atoms with Crippen LogP contribution in [-0.4, -0.2) is 26.8 Å². The van der Waals surface area contributed by atoms with Gasteiger partial charge in [-0.15, -0.1) is 6.58 Å². The van der Waals surface area contributed by atoms with E-state index in [4.69, 9.17) is 0 Å². The van der Waals surface area contributed by atoms with Crippen LogP contribution < -0.4 is 15.4 Å². The van der Waals surface area contributed by atoms with Crippen molar-refractivity contribution in [1.29, 1.82) is 0 Å². The number of carbonyl (C=O) groups excluding carboxylic acids is 2. The topological polar surface area (TPSA) is 104 Å². The number of benzene rings is 3. The molecule has 0 bridgehead atoms. The normalized spacial score (nSPS) is 11.0. The summed E-state index contributed by atoms with van der Waals surface area (Å²) in [6.07, 6.45) is 1.31. The van der Waals surface area contributed by atoms with Gasteiger partial charge in [-0.1, -0.05) is 48.0 Å². The van der Waals surface area contributed by atoms with Gasteiger partial charge in [0.05, 0.1) is 11.3 Å². The van der Waals surface area contributed by atoms with Crippen molar-refractivity contribution in [2.75, 3.05) is 11.9 Å². The molecule has 3 aromatic carbocycles. The molecule has 0 unspecified atom stereocenters. The van der Waals surface area contributed by atoms with E-state index in [0.717, 1.165) is 29.3 Å². The molecule has 0 spiro atoms. The minimum absolute atomic E-state index is 0.0877. The van der Waals surface area contributed by atoms with Gasteiger partial charge in [0.2, 0.25) is 10.0 Å². The minimum atomic E-state index is -4.18. The van der Waals surface area contributed by atoms with Gasteiger partial charge in [-0.25, -0.2) is 17.5 Å². The molecule has 0 fully saturated rings. The van der Waals surface area contributed by atoms with Gasteiger partial charge >= 0.3 is 0 Å². The molecule has 0 heterocycles. The largest absolute Gasteiger partial charge is 0.348 e. The van der Waals surface area contributed by atoms with Gasteiger partial charge in [0, 0.05) is 18.7 Å². The molecule has 0 aliphatic carbocycles. The molecule has 3 rings (SSSR count).